The highest BCUT2D eigenvalue weighted by molar-refractivity contribution is 5.94. The van der Waals surface area contributed by atoms with Gasteiger partial charge in [0.1, 0.15) is 0 Å². The van der Waals surface area contributed by atoms with Gasteiger partial charge >= 0.3 is 0 Å². The summed E-state index contributed by atoms with van der Waals surface area (Å²) in [7, 11) is 1.40. The molecule has 0 radical (unpaired) electrons. The second-order valence-corrected chi connectivity index (χ2v) is 4.72. The van der Waals surface area contributed by atoms with Crippen LogP contribution in [-0.4, -0.2) is 32.1 Å². The fraction of sp³-hybridized carbons (Fsp3) is 0.500. The van der Waals surface area contributed by atoms with Gasteiger partial charge in [-0.3, -0.25) is 4.79 Å². The van der Waals surface area contributed by atoms with E-state index in [0.29, 0.717) is 5.56 Å². The van der Waals surface area contributed by atoms with Crippen LogP contribution in [0.15, 0.2) is 18.2 Å². The number of halogens is 1. The topological polar surface area (TPSA) is 50.4 Å². The van der Waals surface area contributed by atoms with E-state index in [1.165, 1.54) is 19.2 Å². The molecule has 1 aliphatic heterocycles. The highest BCUT2D eigenvalue weighted by atomic mass is 19.1. The number of amides is 1. The van der Waals surface area contributed by atoms with Crippen molar-refractivity contribution in [3.63, 3.8) is 0 Å². The van der Waals surface area contributed by atoms with Crippen molar-refractivity contribution >= 4 is 5.91 Å². The number of nitrogens with one attached hydrogen (secondary N) is 2. The quantitative estimate of drug-likeness (QED) is 0.875. The van der Waals surface area contributed by atoms with E-state index in [2.05, 4.69) is 10.6 Å². The molecule has 1 saturated heterocycles. The predicted molar refractivity (Wildman–Crippen MR) is 70.9 cm³/mol. The van der Waals surface area contributed by atoms with Crippen molar-refractivity contribution in [2.24, 2.45) is 0 Å². The van der Waals surface area contributed by atoms with Gasteiger partial charge in [0.2, 0.25) is 0 Å². The second-order valence-electron chi connectivity index (χ2n) is 4.72. The number of hydrogen-bond donors (Lipinski definition) is 2. The first-order valence-corrected chi connectivity index (χ1v) is 6.56. The maximum atomic E-state index is 13.5. The fourth-order valence-corrected chi connectivity index (χ4v) is 2.22. The van der Waals surface area contributed by atoms with Crippen LogP contribution in [0.5, 0.6) is 5.75 Å². The summed E-state index contributed by atoms with van der Waals surface area (Å²) in [4.78, 5) is 12.0. The summed E-state index contributed by atoms with van der Waals surface area (Å²) in [5.41, 5.74) is 0.322. The minimum Gasteiger partial charge on any atom is -0.494 e. The molecule has 0 saturated carbocycles. The largest absolute Gasteiger partial charge is 0.494 e. The Balaban J connectivity index is 2.00. The molecular weight excluding hydrogens is 247 g/mol. The molecule has 1 unspecified atom stereocenters. The van der Waals surface area contributed by atoms with Crippen LogP contribution in [0.1, 0.15) is 29.6 Å². The molecule has 0 aromatic heterocycles. The van der Waals surface area contributed by atoms with Crippen molar-refractivity contribution in [1.82, 2.24) is 10.6 Å². The number of rotatable bonds is 3. The third kappa shape index (κ3) is 3.67. The van der Waals surface area contributed by atoms with Gasteiger partial charge in [0.25, 0.3) is 5.91 Å². The zero-order valence-corrected chi connectivity index (χ0v) is 11.0. The predicted octanol–water partition coefficient (Wildman–Crippen LogP) is 1.71. The minimum atomic E-state index is -0.519. The molecule has 104 valence electrons. The number of ether oxygens (including phenoxy) is 1. The average Bonchev–Trinajstić information content (AvgIpc) is 2.67. The summed E-state index contributed by atoms with van der Waals surface area (Å²) < 4.78 is 18.4. The molecule has 1 atom stereocenters. The third-order valence-electron chi connectivity index (χ3n) is 3.30. The number of carbonyl (C=O) groups is 1. The first-order chi connectivity index (χ1) is 9.20. The van der Waals surface area contributed by atoms with Crippen LogP contribution >= 0.6 is 0 Å². The van der Waals surface area contributed by atoms with Gasteiger partial charge in [-0.05, 0) is 37.6 Å². The van der Waals surface area contributed by atoms with Crippen molar-refractivity contribution in [3.05, 3.63) is 29.6 Å². The first kappa shape index (κ1) is 13.8. The molecule has 1 aromatic rings. The SMILES string of the molecule is COc1ccc(C(=O)NC2CCCCNC2)cc1F. The molecule has 2 rings (SSSR count). The van der Waals surface area contributed by atoms with Gasteiger partial charge in [0.05, 0.1) is 7.11 Å². The van der Waals surface area contributed by atoms with Crippen LogP contribution in [0.25, 0.3) is 0 Å². The molecule has 1 fully saturated rings. The number of benzene rings is 1. The zero-order valence-electron chi connectivity index (χ0n) is 11.0. The lowest BCUT2D eigenvalue weighted by Crippen LogP contribution is -2.40. The Morgan fingerprint density at radius 1 is 1.47 bits per heavy atom. The van der Waals surface area contributed by atoms with Crippen molar-refractivity contribution in [2.45, 2.75) is 25.3 Å². The lowest BCUT2D eigenvalue weighted by molar-refractivity contribution is 0.0935. The summed E-state index contributed by atoms with van der Waals surface area (Å²) in [5, 5.41) is 6.21. The van der Waals surface area contributed by atoms with Crippen LogP contribution in [-0.2, 0) is 0 Å². The molecule has 1 aromatic carbocycles. The lowest BCUT2D eigenvalue weighted by Gasteiger charge is -2.16. The molecule has 4 nitrogen and oxygen atoms in total. The Morgan fingerprint density at radius 3 is 3.05 bits per heavy atom. The number of hydrogen-bond acceptors (Lipinski definition) is 3. The van der Waals surface area contributed by atoms with Gasteiger partial charge in [0, 0.05) is 18.2 Å². The van der Waals surface area contributed by atoms with Crippen molar-refractivity contribution in [3.8, 4) is 5.75 Å². The van der Waals surface area contributed by atoms with Gasteiger partial charge in [-0.2, -0.15) is 0 Å². The Hall–Kier alpha value is -1.62. The van der Waals surface area contributed by atoms with Crippen LogP contribution in [0.4, 0.5) is 4.39 Å². The summed E-state index contributed by atoms with van der Waals surface area (Å²) in [6, 6.07) is 4.36. The van der Waals surface area contributed by atoms with Crippen LogP contribution in [0.2, 0.25) is 0 Å². The second kappa shape index (κ2) is 6.52. The Kier molecular flexibility index (Phi) is 4.74. The van der Waals surface area contributed by atoms with E-state index in [-0.39, 0.29) is 17.7 Å². The van der Waals surface area contributed by atoms with Gasteiger partial charge in [-0.15, -0.1) is 0 Å². The Labute approximate surface area is 112 Å². The number of carbonyl (C=O) groups excluding carboxylic acids is 1. The summed E-state index contributed by atoms with van der Waals surface area (Å²) >= 11 is 0. The Bertz CT molecular complexity index is 443. The summed E-state index contributed by atoms with van der Waals surface area (Å²) in [5.74, 6) is -0.614. The van der Waals surface area contributed by atoms with Crippen LogP contribution in [0.3, 0.4) is 0 Å². The van der Waals surface area contributed by atoms with E-state index in [0.717, 1.165) is 32.4 Å². The highest BCUT2D eigenvalue weighted by Crippen LogP contribution is 2.17. The fourth-order valence-electron chi connectivity index (χ4n) is 2.22. The molecule has 1 heterocycles. The van der Waals surface area contributed by atoms with Gasteiger partial charge < -0.3 is 15.4 Å². The maximum Gasteiger partial charge on any atom is 0.251 e. The summed E-state index contributed by atoms with van der Waals surface area (Å²) in [6.07, 6.45) is 3.18. The molecule has 19 heavy (non-hydrogen) atoms. The molecule has 2 N–H and O–H groups in total. The lowest BCUT2D eigenvalue weighted by atomic mass is 10.1. The van der Waals surface area contributed by atoms with E-state index in [1.807, 2.05) is 0 Å². The van der Waals surface area contributed by atoms with E-state index in [1.54, 1.807) is 6.07 Å². The van der Waals surface area contributed by atoms with Gasteiger partial charge in [-0.1, -0.05) is 6.42 Å². The van der Waals surface area contributed by atoms with Crippen molar-refractivity contribution in [1.29, 1.82) is 0 Å². The molecule has 0 bridgehead atoms. The van der Waals surface area contributed by atoms with Gasteiger partial charge in [-0.25, -0.2) is 4.39 Å². The van der Waals surface area contributed by atoms with E-state index in [4.69, 9.17) is 4.74 Å². The monoisotopic (exact) mass is 266 g/mol. The average molecular weight is 266 g/mol. The molecule has 1 amide bonds. The van der Waals surface area contributed by atoms with E-state index in [9.17, 15) is 9.18 Å². The van der Waals surface area contributed by atoms with E-state index < -0.39 is 5.82 Å². The normalized spacial score (nSPS) is 19.6. The van der Waals surface area contributed by atoms with E-state index >= 15 is 0 Å². The molecular formula is C14H19FN2O2. The highest BCUT2D eigenvalue weighted by Gasteiger charge is 2.16. The van der Waals surface area contributed by atoms with Crippen molar-refractivity contribution in [2.75, 3.05) is 20.2 Å². The maximum absolute atomic E-state index is 13.5. The molecule has 5 heteroatoms. The molecule has 1 aliphatic rings. The molecule has 0 aliphatic carbocycles. The van der Waals surface area contributed by atoms with Crippen molar-refractivity contribution < 1.29 is 13.9 Å². The first-order valence-electron chi connectivity index (χ1n) is 6.56. The minimum absolute atomic E-state index is 0.111. The summed E-state index contributed by atoms with van der Waals surface area (Å²) in [6.45, 7) is 1.76. The van der Waals surface area contributed by atoms with Gasteiger partial charge in [0.15, 0.2) is 11.6 Å². The third-order valence-corrected chi connectivity index (χ3v) is 3.30. The number of methoxy groups -OCH3 is 1. The Morgan fingerprint density at radius 2 is 2.32 bits per heavy atom. The van der Waals surface area contributed by atoms with Crippen LogP contribution < -0.4 is 15.4 Å². The smallest absolute Gasteiger partial charge is 0.251 e. The standard InChI is InChI=1S/C14H19FN2O2/c1-19-13-6-5-10(8-12(13)15)14(18)17-11-4-2-3-7-16-9-11/h5-6,8,11,16H,2-4,7,9H2,1H3,(H,17,18). The zero-order chi connectivity index (χ0) is 13.7. The molecule has 0 spiro atoms. The van der Waals surface area contributed by atoms with Crippen LogP contribution in [0, 0.1) is 5.82 Å².